The van der Waals surface area contributed by atoms with E-state index in [9.17, 15) is 24.3 Å². The van der Waals surface area contributed by atoms with Crippen molar-refractivity contribution < 1.29 is 24.3 Å². The number of carbonyl (C=O) groups excluding carboxylic acids is 3. The van der Waals surface area contributed by atoms with E-state index in [1.165, 1.54) is 11.8 Å². The molecular formula is C26H43N7O5S. The minimum absolute atomic E-state index is 0.0495. The first-order valence-corrected chi connectivity index (χ1v) is 14.4. The van der Waals surface area contributed by atoms with Gasteiger partial charge in [0.15, 0.2) is 5.96 Å². The number of carbonyl (C=O) groups is 4. The van der Waals surface area contributed by atoms with Crippen LogP contribution in [0.1, 0.15) is 45.1 Å². The zero-order valence-electron chi connectivity index (χ0n) is 22.9. The summed E-state index contributed by atoms with van der Waals surface area (Å²) in [6.45, 7) is 3.89. The maximum atomic E-state index is 13.4. The van der Waals surface area contributed by atoms with Gasteiger partial charge in [0, 0.05) is 13.0 Å². The number of hydrogen-bond acceptors (Lipinski definition) is 7. The van der Waals surface area contributed by atoms with Crippen LogP contribution in [0, 0.1) is 5.92 Å². The summed E-state index contributed by atoms with van der Waals surface area (Å²) < 4.78 is 0. The Labute approximate surface area is 234 Å². The molecule has 39 heavy (non-hydrogen) atoms. The van der Waals surface area contributed by atoms with Gasteiger partial charge in [0.2, 0.25) is 17.7 Å². The van der Waals surface area contributed by atoms with E-state index in [1.807, 2.05) is 43.5 Å². The Morgan fingerprint density at radius 1 is 0.974 bits per heavy atom. The number of nitrogens with two attached hydrogens (primary N) is 3. The molecule has 0 aliphatic rings. The van der Waals surface area contributed by atoms with Gasteiger partial charge in [0.25, 0.3) is 0 Å². The van der Waals surface area contributed by atoms with Crippen molar-refractivity contribution in [3.63, 3.8) is 0 Å². The van der Waals surface area contributed by atoms with Crippen LogP contribution in [0.4, 0.5) is 0 Å². The second kappa shape index (κ2) is 18.1. The molecule has 13 heteroatoms. The summed E-state index contributed by atoms with van der Waals surface area (Å²) >= 11 is 1.49. The van der Waals surface area contributed by atoms with Crippen molar-refractivity contribution in [3.8, 4) is 0 Å². The van der Waals surface area contributed by atoms with Crippen LogP contribution in [-0.4, -0.2) is 77.5 Å². The van der Waals surface area contributed by atoms with E-state index >= 15 is 0 Å². The number of guanidine groups is 1. The van der Waals surface area contributed by atoms with E-state index in [4.69, 9.17) is 17.2 Å². The highest BCUT2D eigenvalue weighted by Gasteiger charge is 2.31. The van der Waals surface area contributed by atoms with Crippen molar-refractivity contribution >= 4 is 41.4 Å². The lowest BCUT2D eigenvalue weighted by atomic mass is 9.98. The average Bonchev–Trinajstić information content (AvgIpc) is 2.90. The average molecular weight is 566 g/mol. The maximum Gasteiger partial charge on any atom is 0.326 e. The van der Waals surface area contributed by atoms with Gasteiger partial charge in [0.1, 0.15) is 18.1 Å². The summed E-state index contributed by atoms with van der Waals surface area (Å²) in [5.41, 5.74) is 17.5. The fraction of sp³-hybridized carbons (Fsp3) is 0.577. The van der Waals surface area contributed by atoms with Crippen LogP contribution in [0.25, 0.3) is 0 Å². The smallest absolute Gasteiger partial charge is 0.326 e. The molecule has 0 bridgehead atoms. The van der Waals surface area contributed by atoms with Crippen LogP contribution < -0.4 is 33.2 Å². The third kappa shape index (κ3) is 12.9. The molecule has 5 unspecified atom stereocenters. The molecule has 10 N–H and O–H groups in total. The second-order valence-electron chi connectivity index (χ2n) is 9.36. The van der Waals surface area contributed by atoms with Crippen molar-refractivity contribution in [2.24, 2.45) is 28.1 Å². The Kier molecular flexibility index (Phi) is 15.6. The highest BCUT2D eigenvalue weighted by Crippen LogP contribution is 2.11. The number of carboxylic acids is 1. The highest BCUT2D eigenvalue weighted by molar-refractivity contribution is 7.98. The number of nitrogens with zero attached hydrogens (tertiary/aromatic N) is 1. The number of nitrogens with one attached hydrogen (secondary N) is 3. The summed E-state index contributed by atoms with van der Waals surface area (Å²) in [7, 11) is 0. The van der Waals surface area contributed by atoms with Crippen LogP contribution in [0.15, 0.2) is 35.3 Å². The lowest BCUT2D eigenvalue weighted by Crippen LogP contribution is -2.58. The predicted molar refractivity (Wildman–Crippen MR) is 154 cm³/mol. The Bertz CT molecular complexity index is 959. The van der Waals surface area contributed by atoms with Crippen molar-refractivity contribution in [2.75, 3.05) is 18.6 Å². The number of aliphatic imine (C=N–C) groups is 1. The summed E-state index contributed by atoms with van der Waals surface area (Å²) in [6, 6.07) is 5.13. The van der Waals surface area contributed by atoms with Crippen LogP contribution in [-0.2, 0) is 25.6 Å². The molecule has 0 aliphatic carbocycles. The molecule has 0 saturated heterocycles. The summed E-state index contributed by atoms with van der Waals surface area (Å²) in [4.78, 5) is 55.0. The van der Waals surface area contributed by atoms with Gasteiger partial charge < -0.3 is 38.3 Å². The van der Waals surface area contributed by atoms with Gasteiger partial charge in [-0.3, -0.25) is 19.4 Å². The first kappa shape index (κ1) is 33.7. The van der Waals surface area contributed by atoms with Crippen LogP contribution in [0.5, 0.6) is 0 Å². The standard InChI is InChI=1S/C26H43N7O5S/c1-4-16(2)21(25(37)38)33-23(35)19(12-14-39-3)31-24(36)20(15-17-9-6-5-7-10-17)32-22(34)18(27)11-8-13-30-26(28)29/h5-7,9-10,16,18-21H,4,8,11-15,27H2,1-3H3,(H,31,36)(H,32,34)(H,33,35)(H,37,38)(H4,28,29,30). The molecule has 0 radical (unpaired) electrons. The molecule has 12 nitrogen and oxygen atoms in total. The minimum Gasteiger partial charge on any atom is -0.480 e. The molecule has 5 atom stereocenters. The molecule has 0 saturated carbocycles. The van der Waals surface area contributed by atoms with Gasteiger partial charge in [0.05, 0.1) is 6.04 Å². The van der Waals surface area contributed by atoms with E-state index in [-0.39, 0.29) is 24.7 Å². The molecular weight excluding hydrogens is 522 g/mol. The first-order chi connectivity index (χ1) is 18.5. The topological polar surface area (TPSA) is 215 Å². The molecule has 1 rings (SSSR count). The Balaban J connectivity index is 3.05. The van der Waals surface area contributed by atoms with Crippen molar-refractivity contribution in [3.05, 3.63) is 35.9 Å². The molecule has 0 aliphatic heterocycles. The van der Waals surface area contributed by atoms with Gasteiger partial charge in [-0.1, -0.05) is 50.6 Å². The normalized spacial score (nSPS) is 14.7. The monoisotopic (exact) mass is 565 g/mol. The Morgan fingerprint density at radius 3 is 2.15 bits per heavy atom. The number of thioether (sulfide) groups is 1. The van der Waals surface area contributed by atoms with Gasteiger partial charge in [-0.05, 0) is 42.8 Å². The molecule has 218 valence electrons. The van der Waals surface area contributed by atoms with Crippen molar-refractivity contribution in [2.45, 2.75) is 70.1 Å². The van der Waals surface area contributed by atoms with Crippen LogP contribution in [0.3, 0.4) is 0 Å². The maximum absolute atomic E-state index is 13.4. The number of benzene rings is 1. The van der Waals surface area contributed by atoms with Gasteiger partial charge in [-0.2, -0.15) is 11.8 Å². The largest absolute Gasteiger partial charge is 0.480 e. The summed E-state index contributed by atoms with van der Waals surface area (Å²) in [5.74, 6) is -2.63. The van der Waals surface area contributed by atoms with Crippen molar-refractivity contribution in [1.29, 1.82) is 0 Å². The molecule has 1 aromatic carbocycles. The minimum atomic E-state index is -1.14. The van der Waals surface area contributed by atoms with Crippen molar-refractivity contribution in [1.82, 2.24) is 16.0 Å². The molecule has 3 amide bonds. The molecule has 0 fully saturated rings. The van der Waals surface area contributed by atoms with E-state index in [1.54, 1.807) is 6.92 Å². The molecule has 1 aromatic rings. The Morgan fingerprint density at radius 2 is 1.59 bits per heavy atom. The molecule has 0 aromatic heterocycles. The van der Waals surface area contributed by atoms with Gasteiger partial charge >= 0.3 is 5.97 Å². The second-order valence-corrected chi connectivity index (χ2v) is 10.3. The number of hydrogen-bond donors (Lipinski definition) is 7. The quantitative estimate of drug-likeness (QED) is 0.0720. The Hall–Kier alpha value is -3.32. The first-order valence-electron chi connectivity index (χ1n) is 13.0. The number of amides is 3. The van der Waals surface area contributed by atoms with E-state index in [0.29, 0.717) is 31.6 Å². The third-order valence-electron chi connectivity index (χ3n) is 6.24. The lowest BCUT2D eigenvalue weighted by molar-refractivity contribution is -0.143. The van der Waals surface area contributed by atoms with E-state index in [0.717, 1.165) is 5.56 Å². The number of aliphatic carboxylic acids is 1. The third-order valence-corrected chi connectivity index (χ3v) is 6.88. The van der Waals surface area contributed by atoms with Crippen LogP contribution >= 0.6 is 11.8 Å². The van der Waals surface area contributed by atoms with E-state index in [2.05, 4.69) is 20.9 Å². The summed E-state index contributed by atoms with van der Waals surface area (Å²) in [6.07, 6.45) is 3.63. The summed E-state index contributed by atoms with van der Waals surface area (Å²) in [5, 5.41) is 17.6. The zero-order valence-corrected chi connectivity index (χ0v) is 23.7. The molecule has 0 heterocycles. The van der Waals surface area contributed by atoms with Crippen LogP contribution in [0.2, 0.25) is 0 Å². The fourth-order valence-corrected chi connectivity index (χ4v) is 4.17. The fourth-order valence-electron chi connectivity index (χ4n) is 3.70. The predicted octanol–water partition coefficient (Wildman–Crippen LogP) is -0.0518. The van der Waals surface area contributed by atoms with Gasteiger partial charge in [-0.25, -0.2) is 4.79 Å². The molecule has 0 spiro atoms. The highest BCUT2D eigenvalue weighted by atomic mass is 32.2. The number of carboxylic acid groups (broad SMARTS) is 1. The van der Waals surface area contributed by atoms with Gasteiger partial charge in [-0.15, -0.1) is 0 Å². The van der Waals surface area contributed by atoms with E-state index < -0.39 is 47.9 Å². The number of rotatable bonds is 18. The zero-order chi connectivity index (χ0) is 29.4. The SMILES string of the molecule is CCC(C)C(NC(=O)C(CCSC)NC(=O)C(Cc1ccccc1)NC(=O)C(N)CCCN=C(N)N)C(=O)O. The lowest BCUT2D eigenvalue weighted by Gasteiger charge is -2.26.